The molecule has 0 aliphatic carbocycles. The first-order valence-electron chi connectivity index (χ1n) is 3.01. The normalized spacial score (nSPS) is 9.27. The van der Waals surface area contributed by atoms with Gasteiger partial charge in [0.25, 0.3) is 0 Å². The predicted octanol–water partition coefficient (Wildman–Crippen LogP) is 3.08. The van der Waals surface area contributed by atoms with E-state index in [9.17, 15) is 0 Å². The van der Waals surface area contributed by atoms with E-state index in [-0.39, 0.29) is 0 Å². The van der Waals surface area contributed by atoms with E-state index in [1.54, 1.807) is 0 Å². The molecule has 0 bridgehead atoms. The van der Waals surface area contributed by atoms with Crippen molar-refractivity contribution in [1.29, 1.82) is 5.26 Å². The maximum absolute atomic E-state index is 8.68. The van der Waals surface area contributed by atoms with Gasteiger partial charge in [-0.3, -0.25) is 0 Å². The summed E-state index contributed by atoms with van der Waals surface area (Å²) in [5.41, 5.74) is 1.97. The fourth-order valence-corrected chi connectivity index (χ4v) is 2.30. The number of halogens is 2. The van der Waals surface area contributed by atoms with E-state index in [1.165, 1.54) is 9.13 Å². The lowest BCUT2D eigenvalue weighted by Gasteiger charge is -2.01. The van der Waals surface area contributed by atoms with Crippen LogP contribution in [0, 0.1) is 25.4 Å². The number of benzene rings is 1. The van der Waals surface area contributed by atoms with Crippen LogP contribution in [0.1, 0.15) is 11.1 Å². The Labute approximate surface area is 93.1 Å². The minimum atomic E-state index is 0.767. The SMILES string of the molecule is Cc1c(I)ccc(C#N)c1I. The standard InChI is InChI=1S/C8H5I2N/c1-5-7(9)3-2-6(4-11)8(5)10/h2-3H,1H3. The number of hydrogen-bond donors (Lipinski definition) is 0. The molecule has 56 valence electrons. The third-order valence-corrected chi connectivity index (χ3v) is 4.00. The van der Waals surface area contributed by atoms with Crippen molar-refractivity contribution in [2.75, 3.05) is 0 Å². The maximum Gasteiger partial charge on any atom is 0.100 e. The summed E-state index contributed by atoms with van der Waals surface area (Å²) in [5, 5.41) is 8.68. The Kier molecular flexibility index (Phi) is 3.13. The van der Waals surface area contributed by atoms with Gasteiger partial charge < -0.3 is 0 Å². The molecule has 1 nitrogen and oxygen atoms in total. The molecule has 0 heterocycles. The highest BCUT2D eigenvalue weighted by atomic mass is 127. The molecule has 0 amide bonds. The molecule has 1 aromatic rings. The largest absolute Gasteiger partial charge is 0.192 e. The van der Waals surface area contributed by atoms with Crippen LogP contribution in [0.25, 0.3) is 0 Å². The summed E-state index contributed by atoms with van der Waals surface area (Å²) in [6, 6.07) is 5.98. The highest BCUT2D eigenvalue weighted by Gasteiger charge is 2.03. The lowest BCUT2D eigenvalue weighted by molar-refractivity contribution is 1.35. The lowest BCUT2D eigenvalue weighted by Crippen LogP contribution is -1.89. The Morgan fingerprint density at radius 2 is 2.00 bits per heavy atom. The summed E-state index contributed by atoms with van der Waals surface area (Å²) in [6.45, 7) is 2.03. The molecule has 3 heteroatoms. The van der Waals surface area contributed by atoms with Crippen LogP contribution in [-0.2, 0) is 0 Å². The first-order chi connectivity index (χ1) is 5.16. The second-order valence-electron chi connectivity index (χ2n) is 2.15. The molecule has 0 unspecified atom stereocenters. The monoisotopic (exact) mass is 369 g/mol. The van der Waals surface area contributed by atoms with E-state index in [0.717, 1.165) is 9.13 Å². The maximum atomic E-state index is 8.68. The molecule has 0 radical (unpaired) electrons. The van der Waals surface area contributed by atoms with E-state index in [4.69, 9.17) is 5.26 Å². The molecule has 0 fully saturated rings. The van der Waals surface area contributed by atoms with Crippen LogP contribution < -0.4 is 0 Å². The molecule has 0 aromatic heterocycles. The van der Waals surface area contributed by atoms with Crippen LogP contribution in [0.5, 0.6) is 0 Å². The molecular formula is C8H5I2N. The van der Waals surface area contributed by atoms with E-state index >= 15 is 0 Å². The fraction of sp³-hybridized carbons (Fsp3) is 0.125. The Morgan fingerprint density at radius 1 is 1.36 bits per heavy atom. The van der Waals surface area contributed by atoms with Crippen molar-refractivity contribution < 1.29 is 0 Å². The van der Waals surface area contributed by atoms with Gasteiger partial charge in [-0.1, -0.05) is 0 Å². The average molecular weight is 369 g/mol. The minimum Gasteiger partial charge on any atom is -0.192 e. The van der Waals surface area contributed by atoms with Crippen molar-refractivity contribution in [3.63, 3.8) is 0 Å². The van der Waals surface area contributed by atoms with Crippen molar-refractivity contribution in [2.24, 2.45) is 0 Å². The zero-order valence-corrected chi connectivity index (χ0v) is 10.2. The van der Waals surface area contributed by atoms with Crippen LogP contribution in [-0.4, -0.2) is 0 Å². The van der Waals surface area contributed by atoms with Crippen molar-refractivity contribution in [1.82, 2.24) is 0 Å². The first-order valence-corrected chi connectivity index (χ1v) is 5.17. The third kappa shape index (κ3) is 1.85. The minimum absolute atomic E-state index is 0.767. The van der Waals surface area contributed by atoms with Gasteiger partial charge in [-0.2, -0.15) is 5.26 Å². The summed E-state index contributed by atoms with van der Waals surface area (Å²) in [5.74, 6) is 0. The topological polar surface area (TPSA) is 23.8 Å². The molecule has 0 aliphatic rings. The second-order valence-corrected chi connectivity index (χ2v) is 4.39. The van der Waals surface area contributed by atoms with Gasteiger partial charge in [0.2, 0.25) is 0 Å². The molecule has 1 aromatic carbocycles. The Bertz CT molecular complexity index is 326. The molecule has 0 saturated heterocycles. The van der Waals surface area contributed by atoms with Crippen LogP contribution in [0.4, 0.5) is 0 Å². The second kappa shape index (κ2) is 3.72. The van der Waals surface area contributed by atoms with Crippen LogP contribution in [0.15, 0.2) is 12.1 Å². The first kappa shape index (κ1) is 9.26. The van der Waals surface area contributed by atoms with Gasteiger partial charge in [0.1, 0.15) is 6.07 Å². The summed E-state index contributed by atoms with van der Waals surface area (Å²) in [7, 11) is 0. The molecule has 0 atom stereocenters. The average Bonchev–Trinajstić information content (AvgIpc) is 2.01. The molecule has 11 heavy (non-hydrogen) atoms. The van der Waals surface area contributed by atoms with Gasteiger partial charge in [-0.05, 0) is 69.8 Å². The highest BCUT2D eigenvalue weighted by molar-refractivity contribution is 14.1. The van der Waals surface area contributed by atoms with Crippen molar-refractivity contribution >= 4 is 45.2 Å². The van der Waals surface area contributed by atoms with Gasteiger partial charge in [0.15, 0.2) is 0 Å². The van der Waals surface area contributed by atoms with Crippen molar-refractivity contribution in [3.8, 4) is 6.07 Å². The van der Waals surface area contributed by atoms with Gasteiger partial charge in [0, 0.05) is 7.14 Å². The lowest BCUT2D eigenvalue weighted by atomic mass is 10.2. The predicted molar refractivity (Wildman–Crippen MR) is 61.3 cm³/mol. The highest BCUT2D eigenvalue weighted by Crippen LogP contribution is 2.21. The quantitative estimate of drug-likeness (QED) is 0.645. The number of nitrogens with zero attached hydrogens (tertiary/aromatic N) is 1. The van der Waals surface area contributed by atoms with Gasteiger partial charge in [0.05, 0.1) is 5.56 Å². The zero-order valence-electron chi connectivity index (χ0n) is 5.86. The molecule has 1 rings (SSSR count). The third-order valence-electron chi connectivity index (χ3n) is 1.44. The van der Waals surface area contributed by atoms with Crippen molar-refractivity contribution in [2.45, 2.75) is 6.92 Å². The Hall–Kier alpha value is 0.170. The summed E-state index contributed by atoms with van der Waals surface area (Å²) in [4.78, 5) is 0. The smallest absolute Gasteiger partial charge is 0.100 e. The van der Waals surface area contributed by atoms with Crippen LogP contribution in [0.2, 0.25) is 0 Å². The van der Waals surface area contributed by atoms with Crippen molar-refractivity contribution in [3.05, 3.63) is 30.4 Å². The van der Waals surface area contributed by atoms with Gasteiger partial charge in [-0.25, -0.2) is 0 Å². The van der Waals surface area contributed by atoms with E-state index in [0.29, 0.717) is 0 Å². The Balaban J connectivity index is 3.40. The number of nitriles is 1. The van der Waals surface area contributed by atoms with E-state index < -0.39 is 0 Å². The molecule has 0 aliphatic heterocycles. The molecule has 0 spiro atoms. The van der Waals surface area contributed by atoms with E-state index in [2.05, 4.69) is 51.3 Å². The summed E-state index contributed by atoms with van der Waals surface area (Å²) >= 11 is 4.47. The number of rotatable bonds is 0. The van der Waals surface area contributed by atoms with Crippen LogP contribution >= 0.6 is 45.2 Å². The molecule has 0 N–H and O–H groups in total. The summed E-state index contributed by atoms with van der Waals surface area (Å²) in [6.07, 6.45) is 0. The Morgan fingerprint density at radius 3 is 2.55 bits per heavy atom. The number of hydrogen-bond acceptors (Lipinski definition) is 1. The zero-order chi connectivity index (χ0) is 8.43. The molecule has 0 saturated carbocycles. The van der Waals surface area contributed by atoms with E-state index in [1.807, 2.05) is 19.1 Å². The van der Waals surface area contributed by atoms with Crippen LogP contribution in [0.3, 0.4) is 0 Å². The van der Waals surface area contributed by atoms with Gasteiger partial charge in [-0.15, -0.1) is 0 Å². The molecular weight excluding hydrogens is 364 g/mol. The fourth-order valence-electron chi connectivity index (χ4n) is 0.748. The van der Waals surface area contributed by atoms with Gasteiger partial charge >= 0.3 is 0 Å². The summed E-state index contributed by atoms with van der Waals surface area (Å²) < 4.78 is 2.28.